The van der Waals surface area contributed by atoms with Crippen LogP contribution in [0.4, 0.5) is 0 Å². The van der Waals surface area contributed by atoms with Crippen LogP contribution in [0.15, 0.2) is 65.3 Å². The highest BCUT2D eigenvalue weighted by molar-refractivity contribution is 5.80. The Bertz CT molecular complexity index is 853. The van der Waals surface area contributed by atoms with E-state index in [-0.39, 0.29) is 0 Å². The van der Waals surface area contributed by atoms with Crippen molar-refractivity contribution in [1.29, 1.82) is 5.26 Å². The van der Waals surface area contributed by atoms with Crippen LogP contribution >= 0.6 is 0 Å². The van der Waals surface area contributed by atoms with Crippen LogP contribution < -0.4 is 0 Å². The normalized spacial score (nSPS) is 11.3. The van der Waals surface area contributed by atoms with Crippen molar-refractivity contribution in [3.05, 3.63) is 77.6 Å². The van der Waals surface area contributed by atoms with E-state index in [0.29, 0.717) is 5.56 Å². The average molecular weight is 302 g/mol. The predicted molar refractivity (Wildman–Crippen MR) is 92.7 cm³/mol. The van der Waals surface area contributed by atoms with Crippen molar-refractivity contribution in [1.82, 2.24) is 4.90 Å². The van der Waals surface area contributed by atoms with Gasteiger partial charge in [0, 0.05) is 24.0 Å². The van der Waals surface area contributed by atoms with Gasteiger partial charge in [0.25, 0.3) is 0 Å². The number of nitrogens with zero attached hydrogens (tertiary/aromatic N) is 2. The third-order valence-corrected chi connectivity index (χ3v) is 3.77. The van der Waals surface area contributed by atoms with Gasteiger partial charge < -0.3 is 4.42 Å². The van der Waals surface area contributed by atoms with Gasteiger partial charge in [-0.3, -0.25) is 4.90 Å². The van der Waals surface area contributed by atoms with E-state index in [1.807, 2.05) is 48.7 Å². The first kappa shape index (κ1) is 15.1. The molecule has 0 radical (unpaired) electrons. The van der Waals surface area contributed by atoms with E-state index >= 15 is 0 Å². The Morgan fingerprint density at radius 2 is 1.91 bits per heavy atom. The number of hydrogen-bond donors (Lipinski definition) is 0. The molecule has 0 atom stereocenters. The zero-order chi connectivity index (χ0) is 16.1. The molecule has 0 N–H and O–H groups in total. The van der Waals surface area contributed by atoms with Gasteiger partial charge in [0.1, 0.15) is 5.58 Å². The number of hydrogen-bond acceptors (Lipinski definition) is 3. The summed E-state index contributed by atoms with van der Waals surface area (Å²) in [5.74, 6) is 0. The van der Waals surface area contributed by atoms with Crippen molar-refractivity contribution < 1.29 is 4.42 Å². The molecule has 0 fully saturated rings. The fourth-order valence-electron chi connectivity index (χ4n) is 2.55. The van der Waals surface area contributed by atoms with Crippen molar-refractivity contribution >= 4 is 17.0 Å². The first-order valence-electron chi connectivity index (χ1n) is 7.56. The Morgan fingerprint density at radius 3 is 2.70 bits per heavy atom. The first-order chi connectivity index (χ1) is 11.3. The predicted octanol–water partition coefficient (Wildman–Crippen LogP) is 4.45. The molecule has 2 aromatic carbocycles. The molecule has 114 valence electrons. The maximum absolute atomic E-state index is 8.79. The van der Waals surface area contributed by atoms with Crippen molar-refractivity contribution in [2.24, 2.45) is 0 Å². The molecule has 0 aliphatic rings. The molecule has 0 aliphatic carbocycles. The summed E-state index contributed by atoms with van der Waals surface area (Å²) in [6, 6.07) is 17.8. The second-order valence-electron chi connectivity index (χ2n) is 5.59. The molecule has 3 rings (SSSR count). The summed E-state index contributed by atoms with van der Waals surface area (Å²) >= 11 is 0. The minimum atomic E-state index is 0.686. The lowest BCUT2D eigenvalue weighted by Crippen LogP contribution is -2.17. The zero-order valence-electron chi connectivity index (χ0n) is 13.1. The minimum Gasteiger partial charge on any atom is -0.464 e. The summed E-state index contributed by atoms with van der Waals surface area (Å²) in [5.41, 5.74) is 3.93. The van der Waals surface area contributed by atoms with Crippen LogP contribution in [0.25, 0.3) is 17.0 Å². The van der Waals surface area contributed by atoms with Crippen molar-refractivity contribution in [2.45, 2.75) is 6.54 Å². The Morgan fingerprint density at radius 1 is 1.13 bits per heavy atom. The highest BCUT2D eigenvalue weighted by Gasteiger charge is 2.06. The van der Waals surface area contributed by atoms with Crippen molar-refractivity contribution in [2.75, 3.05) is 13.6 Å². The Labute approximate surface area is 136 Å². The van der Waals surface area contributed by atoms with E-state index in [1.165, 1.54) is 10.9 Å². The lowest BCUT2D eigenvalue weighted by Gasteiger charge is -2.13. The van der Waals surface area contributed by atoms with Gasteiger partial charge >= 0.3 is 0 Å². The summed E-state index contributed by atoms with van der Waals surface area (Å²) in [5, 5.41) is 9.97. The van der Waals surface area contributed by atoms with E-state index in [1.54, 1.807) is 0 Å². The smallest absolute Gasteiger partial charge is 0.134 e. The molecule has 1 aromatic heterocycles. The fraction of sp³-hybridized carbons (Fsp3) is 0.150. The highest BCUT2D eigenvalue weighted by Crippen LogP contribution is 2.21. The third-order valence-electron chi connectivity index (χ3n) is 3.77. The molecule has 1 heterocycles. The Kier molecular flexibility index (Phi) is 4.56. The average Bonchev–Trinajstić information content (AvgIpc) is 2.99. The Balaban J connectivity index is 1.59. The number of likely N-dealkylation sites (N-methyl/N-ethyl adjacent to an activating group) is 1. The number of nitriles is 1. The summed E-state index contributed by atoms with van der Waals surface area (Å²) in [6.07, 6.45) is 6.04. The van der Waals surface area contributed by atoms with Gasteiger partial charge in [0.2, 0.25) is 0 Å². The number of fused-ring (bicyclic) bond motifs is 1. The van der Waals surface area contributed by atoms with E-state index in [0.717, 1.165) is 24.2 Å². The van der Waals surface area contributed by atoms with Crippen LogP contribution in [0.3, 0.4) is 0 Å². The molecule has 3 aromatic rings. The molecule has 0 unspecified atom stereocenters. The van der Waals surface area contributed by atoms with Gasteiger partial charge in [0.15, 0.2) is 0 Å². The van der Waals surface area contributed by atoms with E-state index < -0.39 is 0 Å². The highest BCUT2D eigenvalue weighted by atomic mass is 16.3. The monoisotopic (exact) mass is 302 g/mol. The molecular formula is C20H18N2O. The zero-order valence-corrected chi connectivity index (χ0v) is 13.1. The summed E-state index contributed by atoms with van der Waals surface area (Å²) < 4.78 is 5.57. The summed E-state index contributed by atoms with van der Waals surface area (Å²) in [7, 11) is 2.09. The van der Waals surface area contributed by atoms with E-state index in [2.05, 4.69) is 36.2 Å². The number of para-hydroxylation sites is 1. The molecular weight excluding hydrogens is 284 g/mol. The largest absolute Gasteiger partial charge is 0.464 e. The second kappa shape index (κ2) is 6.95. The van der Waals surface area contributed by atoms with Crippen LogP contribution in [-0.2, 0) is 6.54 Å². The Hall–Kier alpha value is -2.83. The lowest BCUT2D eigenvalue weighted by molar-refractivity contribution is 0.363. The van der Waals surface area contributed by atoms with Crippen molar-refractivity contribution in [3.8, 4) is 6.07 Å². The van der Waals surface area contributed by atoms with Gasteiger partial charge in [-0.1, -0.05) is 42.5 Å². The minimum absolute atomic E-state index is 0.686. The van der Waals surface area contributed by atoms with Gasteiger partial charge in [-0.15, -0.1) is 0 Å². The molecule has 3 heteroatoms. The summed E-state index contributed by atoms with van der Waals surface area (Å²) in [4.78, 5) is 2.23. The van der Waals surface area contributed by atoms with Gasteiger partial charge in [0.05, 0.1) is 17.9 Å². The maximum atomic E-state index is 8.79. The van der Waals surface area contributed by atoms with Gasteiger partial charge in [-0.25, -0.2) is 0 Å². The van der Waals surface area contributed by atoms with Gasteiger partial charge in [-0.2, -0.15) is 5.26 Å². The van der Waals surface area contributed by atoms with Crippen LogP contribution in [-0.4, -0.2) is 18.5 Å². The SMILES string of the molecule is CN(C/C=C/c1ccc(C#N)cc1)Cc1coc2ccccc12. The first-order valence-corrected chi connectivity index (χ1v) is 7.56. The van der Waals surface area contributed by atoms with Crippen molar-refractivity contribution in [3.63, 3.8) is 0 Å². The number of benzene rings is 2. The van der Waals surface area contributed by atoms with Gasteiger partial charge in [-0.05, 0) is 30.8 Å². The van der Waals surface area contributed by atoms with E-state index in [9.17, 15) is 0 Å². The molecule has 0 amide bonds. The molecule has 3 nitrogen and oxygen atoms in total. The van der Waals surface area contributed by atoms with Crippen LogP contribution in [0.2, 0.25) is 0 Å². The number of furan rings is 1. The fourth-order valence-corrected chi connectivity index (χ4v) is 2.55. The van der Waals surface area contributed by atoms with Crippen LogP contribution in [0.1, 0.15) is 16.7 Å². The molecule has 0 saturated carbocycles. The van der Waals surface area contributed by atoms with Crippen LogP contribution in [0, 0.1) is 11.3 Å². The van der Waals surface area contributed by atoms with E-state index in [4.69, 9.17) is 9.68 Å². The second-order valence-corrected chi connectivity index (χ2v) is 5.59. The molecule has 0 saturated heterocycles. The van der Waals surface area contributed by atoms with Crippen LogP contribution in [0.5, 0.6) is 0 Å². The molecule has 23 heavy (non-hydrogen) atoms. The summed E-state index contributed by atoms with van der Waals surface area (Å²) in [6.45, 7) is 1.69. The molecule has 0 aliphatic heterocycles. The quantitative estimate of drug-likeness (QED) is 0.699. The topological polar surface area (TPSA) is 40.2 Å². The standard InChI is InChI=1S/C20H18N2O/c1-22(12-4-5-16-8-10-17(13-21)11-9-16)14-18-15-23-20-7-3-2-6-19(18)20/h2-11,15H,12,14H2,1H3/b5-4+. The molecule has 0 bridgehead atoms. The molecule has 0 spiro atoms. The lowest BCUT2D eigenvalue weighted by atomic mass is 10.1. The third kappa shape index (κ3) is 3.68. The maximum Gasteiger partial charge on any atom is 0.134 e. The number of rotatable bonds is 5.